The maximum Gasteiger partial charge on any atom is 0.276 e. The topological polar surface area (TPSA) is 75.4 Å². The zero-order valence-corrected chi connectivity index (χ0v) is 15.7. The first-order valence-electron chi connectivity index (χ1n) is 8.90. The quantitative estimate of drug-likeness (QED) is 0.694. The first-order chi connectivity index (χ1) is 13.1. The maximum atomic E-state index is 12.5. The van der Waals surface area contributed by atoms with Gasteiger partial charge < -0.3 is 9.42 Å². The molecule has 2 aliphatic rings. The molecule has 0 aromatic carbocycles. The summed E-state index contributed by atoms with van der Waals surface area (Å²) in [5.41, 5.74) is 1.59. The number of hydrogen-bond acceptors (Lipinski definition) is 7. The summed E-state index contributed by atoms with van der Waals surface area (Å²) in [6, 6.07) is 7.60. The number of aromatic nitrogens is 3. The number of carbonyl (C=O) groups excluding carboxylic acids is 1. The predicted molar refractivity (Wildman–Crippen MR) is 100 cm³/mol. The standard InChI is InChI=1S/C19H19N5O2S/c1-23-10-19(11-24(12-19)18(25)13-5-7-27-9-13)8-15(23)16-21-17(26-22-16)14-4-2-3-6-20-14/h2-7,9,15H,8,10-12H2,1H3. The molecule has 0 radical (unpaired) electrons. The van der Waals surface area contributed by atoms with Crippen LogP contribution in [0, 0.1) is 5.41 Å². The zero-order chi connectivity index (χ0) is 18.4. The number of hydrogen-bond donors (Lipinski definition) is 0. The van der Waals surface area contributed by atoms with Crippen molar-refractivity contribution in [2.75, 3.05) is 26.7 Å². The molecule has 1 spiro atoms. The lowest BCUT2D eigenvalue weighted by atomic mass is 9.77. The van der Waals surface area contributed by atoms with E-state index in [1.807, 2.05) is 39.9 Å². The number of pyridine rings is 1. The summed E-state index contributed by atoms with van der Waals surface area (Å²) < 4.78 is 5.43. The zero-order valence-electron chi connectivity index (χ0n) is 14.9. The van der Waals surface area contributed by atoms with Gasteiger partial charge in [-0.15, -0.1) is 0 Å². The van der Waals surface area contributed by atoms with Crippen molar-refractivity contribution >= 4 is 17.2 Å². The van der Waals surface area contributed by atoms with Crippen LogP contribution in [0.25, 0.3) is 11.6 Å². The summed E-state index contributed by atoms with van der Waals surface area (Å²) >= 11 is 1.55. The van der Waals surface area contributed by atoms with E-state index in [9.17, 15) is 4.79 Å². The van der Waals surface area contributed by atoms with Crippen LogP contribution in [0.15, 0.2) is 45.7 Å². The van der Waals surface area contributed by atoms with Gasteiger partial charge in [0, 0.05) is 36.6 Å². The van der Waals surface area contributed by atoms with Gasteiger partial charge in [-0.1, -0.05) is 11.2 Å². The monoisotopic (exact) mass is 381 g/mol. The van der Waals surface area contributed by atoms with Gasteiger partial charge in [0.2, 0.25) is 0 Å². The van der Waals surface area contributed by atoms with Crippen LogP contribution in [-0.4, -0.2) is 57.5 Å². The van der Waals surface area contributed by atoms with Crippen LogP contribution >= 0.6 is 11.3 Å². The van der Waals surface area contributed by atoms with E-state index in [-0.39, 0.29) is 17.4 Å². The largest absolute Gasteiger partial charge is 0.337 e. The Balaban J connectivity index is 1.29. The first-order valence-corrected chi connectivity index (χ1v) is 9.85. The summed E-state index contributed by atoms with van der Waals surface area (Å²) in [5.74, 6) is 1.27. The maximum absolute atomic E-state index is 12.5. The van der Waals surface area contributed by atoms with Crippen molar-refractivity contribution in [2.45, 2.75) is 12.5 Å². The smallest absolute Gasteiger partial charge is 0.276 e. The van der Waals surface area contributed by atoms with E-state index in [4.69, 9.17) is 4.52 Å². The van der Waals surface area contributed by atoms with Crippen LogP contribution < -0.4 is 0 Å². The van der Waals surface area contributed by atoms with E-state index >= 15 is 0 Å². The normalized spacial score (nSPS) is 21.5. The molecule has 3 aromatic heterocycles. The second-order valence-corrected chi connectivity index (χ2v) is 8.26. The van der Waals surface area contributed by atoms with E-state index in [1.165, 1.54) is 0 Å². The Morgan fingerprint density at radius 1 is 1.30 bits per heavy atom. The van der Waals surface area contributed by atoms with Crippen molar-refractivity contribution in [1.29, 1.82) is 0 Å². The summed E-state index contributed by atoms with van der Waals surface area (Å²) in [4.78, 5) is 25.5. The molecule has 1 amide bonds. The summed E-state index contributed by atoms with van der Waals surface area (Å²) in [6.45, 7) is 2.50. The lowest BCUT2D eigenvalue weighted by molar-refractivity contribution is 0.0116. The van der Waals surface area contributed by atoms with Gasteiger partial charge >= 0.3 is 0 Å². The Hall–Kier alpha value is -2.58. The number of amides is 1. The molecule has 2 fully saturated rings. The van der Waals surface area contributed by atoms with E-state index in [1.54, 1.807) is 17.5 Å². The molecule has 3 aromatic rings. The molecule has 0 saturated carbocycles. The molecule has 138 valence electrons. The number of nitrogens with zero attached hydrogens (tertiary/aromatic N) is 5. The molecule has 0 N–H and O–H groups in total. The van der Waals surface area contributed by atoms with E-state index in [2.05, 4.69) is 27.1 Å². The van der Waals surface area contributed by atoms with Crippen molar-refractivity contribution in [3.8, 4) is 11.6 Å². The minimum atomic E-state index is 0.101. The van der Waals surface area contributed by atoms with Gasteiger partial charge in [0.1, 0.15) is 5.69 Å². The Labute approximate surface area is 160 Å². The number of likely N-dealkylation sites (tertiary alicyclic amines) is 2. The average Bonchev–Trinajstić information content (AvgIpc) is 3.40. The van der Waals surface area contributed by atoms with Gasteiger partial charge in [-0.05, 0) is 37.0 Å². The Morgan fingerprint density at radius 3 is 2.93 bits per heavy atom. The lowest BCUT2D eigenvalue weighted by Gasteiger charge is -2.48. The molecular weight excluding hydrogens is 362 g/mol. The summed E-state index contributed by atoms with van der Waals surface area (Å²) in [5, 5.41) is 8.05. The molecule has 8 heteroatoms. The fraction of sp³-hybridized carbons (Fsp3) is 0.368. The van der Waals surface area contributed by atoms with Gasteiger partial charge in [-0.3, -0.25) is 14.7 Å². The molecular formula is C19H19N5O2S. The van der Waals surface area contributed by atoms with Crippen molar-refractivity contribution in [3.63, 3.8) is 0 Å². The first kappa shape index (κ1) is 16.6. The van der Waals surface area contributed by atoms with Crippen LogP contribution in [0.4, 0.5) is 0 Å². The fourth-order valence-electron chi connectivity index (χ4n) is 4.23. The third-order valence-electron chi connectivity index (χ3n) is 5.47. The minimum absolute atomic E-state index is 0.101. The van der Waals surface area contributed by atoms with Crippen LogP contribution in [0.3, 0.4) is 0 Å². The Kier molecular flexibility index (Phi) is 3.84. The van der Waals surface area contributed by atoms with Gasteiger partial charge in [0.25, 0.3) is 11.8 Å². The minimum Gasteiger partial charge on any atom is -0.337 e. The number of rotatable bonds is 3. The van der Waals surface area contributed by atoms with Gasteiger partial charge in [0.05, 0.1) is 11.6 Å². The second kappa shape index (κ2) is 6.24. The summed E-state index contributed by atoms with van der Waals surface area (Å²) in [6.07, 6.45) is 2.64. The molecule has 5 heterocycles. The molecule has 5 rings (SSSR count). The number of thiophene rings is 1. The Morgan fingerprint density at radius 2 is 2.19 bits per heavy atom. The predicted octanol–water partition coefficient (Wildman–Crippen LogP) is 2.71. The second-order valence-electron chi connectivity index (χ2n) is 7.48. The number of carbonyl (C=O) groups is 1. The van der Waals surface area contributed by atoms with E-state index < -0.39 is 0 Å². The van der Waals surface area contributed by atoms with Crippen LogP contribution in [-0.2, 0) is 0 Å². The fourth-order valence-corrected chi connectivity index (χ4v) is 4.86. The molecule has 1 unspecified atom stereocenters. The van der Waals surface area contributed by atoms with Crippen molar-refractivity contribution in [2.24, 2.45) is 5.41 Å². The SMILES string of the molecule is CN1CC2(CC1c1noc(-c3ccccn3)n1)CN(C(=O)c1ccsc1)C2. The summed E-state index contributed by atoms with van der Waals surface area (Å²) in [7, 11) is 2.08. The van der Waals surface area contributed by atoms with Crippen LogP contribution in [0.2, 0.25) is 0 Å². The highest BCUT2D eigenvalue weighted by Crippen LogP contribution is 2.47. The van der Waals surface area contributed by atoms with Crippen LogP contribution in [0.5, 0.6) is 0 Å². The van der Waals surface area contributed by atoms with Crippen LogP contribution in [0.1, 0.15) is 28.6 Å². The van der Waals surface area contributed by atoms with Crippen molar-refractivity contribution in [3.05, 3.63) is 52.6 Å². The highest BCUT2D eigenvalue weighted by Gasteiger charge is 2.53. The van der Waals surface area contributed by atoms with Crippen molar-refractivity contribution < 1.29 is 9.32 Å². The van der Waals surface area contributed by atoms with Gasteiger partial charge in [0.15, 0.2) is 5.82 Å². The van der Waals surface area contributed by atoms with E-state index in [0.29, 0.717) is 17.4 Å². The molecule has 27 heavy (non-hydrogen) atoms. The molecule has 1 atom stereocenters. The van der Waals surface area contributed by atoms with Crippen molar-refractivity contribution in [1.82, 2.24) is 24.9 Å². The molecule has 7 nitrogen and oxygen atoms in total. The average molecular weight is 381 g/mol. The Bertz CT molecular complexity index is 950. The highest BCUT2D eigenvalue weighted by molar-refractivity contribution is 7.08. The van der Waals surface area contributed by atoms with Gasteiger partial charge in [-0.2, -0.15) is 16.3 Å². The third kappa shape index (κ3) is 2.85. The van der Waals surface area contributed by atoms with E-state index in [0.717, 1.165) is 31.6 Å². The third-order valence-corrected chi connectivity index (χ3v) is 6.16. The molecule has 2 saturated heterocycles. The molecule has 0 aliphatic carbocycles. The molecule has 2 aliphatic heterocycles. The van der Waals surface area contributed by atoms with Gasteiger partial charge in [-0.25, -0.2) is 0 Å². The lowest BCUT2D eigenvalue weighted by Crippen LogP contribution is -2.59. The highest BCUT2D eigenvalue weighted by atomic mass is 32.1. The molecule has 0 bridgehead atoms.